The van der Waals surface area contributed by atoms with Crippen LogP contribution in [0.4, 0.5) is 13.2 Å². The highest BCUT2D eigenvalue weighted by Crippen LogP contribution is 2.26. The van der Waals surface area contributed by atoms with Crippen molar-refractivity contribution in [2.75, 3.05) is 13.2 Å². The molecule has 32 heavy (non-hydrogen) atoms. The molecule has 2 N–H and O–H groups in total. The van der Waals surface area contributed by atoms with E-state index >= 15 is 0 Å². The largest absolute Gasteiger partial charge is 0.477 e. The van der Waals surface area contributed by atoms with Crippen molar-refractivity contribution in [1.82, 2.24) is 15.4 Å². The SMILES string of the molecule is C[Si](C)(C)CCOc1nc(OCc2ccc(Cl)cc2)ncc1C#CC(CNO)C(F)(F)F. The summed E-state index contributed by atoms with van der Waals surface area (Å²) in [6.07, 6.45) is -3.34. The van der Waals surface area contributed by atoms with Crippen LogP contribution in [0.1, 0.15) is 11.1 Å². The van der Waals surface area contributed by atoms with E-state index in [2.05, 4.69) is 41.4 Å². The van der Waals surface area contributed by atoms with Crippen LogP contribution < -0.4 is 15.0 Å². The number of aromatic nitrogens is 2. The van der Waals surface area contributed by atoms with Crippen molar-refractivity contribution in [2.45, 2.75) is 38.5 Å². The van der Waals surface area contributed by atoms with E-state index in [4.69, 9.17) is 26.3 Å². The molecule has 174 valence electrons. The summed E-state index contributed by atoms with van der Waals surface area (Å²) in [5.41, 5.74) is 2.46. The number of benzene rings is 1. The van der Waals surface area contributed by atoms with Gasteiger partial charge in [-0.05, 0) is 23.7 Å². The Bertz CT molecular complexity index is 942. The summed E-state index contributed by atoms with van der Waals surface area (Å²) >= 11 is 5.87. The van der Waals surface area contributed by atoms with Crippen molar-refractivity contribution in [3.8, 4) is 23.7 Å². The highest BCUT2D eigenvalue weighted by Gasteiger charge is 2.38. The van der Waals surface area contributed by atoms with Crippen LogP contribution in [0.15, 0.2) is 30.5 Å². The standard InChI is InChI=1S/C21H25ClF3N3O3Si/c1-32(2,3)11-10-30-19-16(6-7-17(13-27-29)21(23,24)25)12-26-20(28-19)31-14-15-4-8-18(22)9-5-15/h4-5,8-9,12,17,27,29H,10-11,13-14H2,1-3H3. The van der Waals surface area contributed by atoms with Crippen molar-refractivity contribution in [3.05, 3.63) is 46.6 Å². The number of nitrogens with zero attached hydrogens (tertiary/aromatic N) is 2. The summed E-state index contributed by atoms with van der Waals surface area (Å²) in [4.78, 5) is 8.23. The summed E-state index contributed by atoms with van der Waals surface area (Å²) in [5.74, 6) is 2.52. The number of nitrogens with one attached hydrogen (secondary N) is 1. The lowest BCUT2D eigenvalue weighted by Gasteiger charge is -2.16. The second-order valence-electron chi connectivity index (χ2n) is 8.17. The minimum Gasteiger partial charge on any atom is -0.477 e. The average molecular weight is 488 g/mol. The zero-order valence-electron chi connectivity index (χ0n) is 18.0. The molecule has 0 radical (unpaired) electrons. The molecule has 1 unspecified atom stereocenters. The van der Waals surface area contributed by atoms with Crippen LogP contribution in [0.5, 0.6) is 11.9 Å². The topological polar surface area (TPSA) is 76.5 Å². The quantitative estimate of drug-likeness (QED) is 0.296. The number of hydrogen-bond acceptors (Lipinski definition) is 6. The van der Waals surface area contributed by atoms with Gasteiger partial charge in [0.25, 0.3) is 0 Å². The normalized spacial score (nSPS) is 12.6. The van der Waals surface area contributed by atoms with Gasteiger partial charge in [0, 0.05) is 19.6 Å². The van der Waals surface area contributed by atoms with Crippen molar-refractivity contribution >= 4 is 19.7 Å². The maximum Gasteiger partial charge on any atom is 0.403 e. The van der Waals surface area contributed by atoms with Gasteiger partial charge in [-0.2, -0.15) is 18.2 Å². The summed E-state index contributed by atoms with van der Waals surface area (Å²) in [7, 11) is -1.41. The maximum absolute atomic E-state index is 13.1. The Hall–Kier alpha value is -2.32. The van der Waals surface area contributed by atoms with E-state index in [1.165, 1.54) is 11.7 Å². The molecule has 0 fully saturated rings. The Labute approximate surface area is 191 Å². The first kappa shape index (κ1) is 25.9. The number of alkyl halides is 3. The molecule has 0 bridgehead atoms. The maximum atomic E-state index is 13.1. The third-order valence-corrected chi connectivity index (χ3v) is 6.13. The molecule has 2 aromatic rings. The fraction of sp³-hybridized carbons (Fsp3) is 0.429. The van der Waals surface area contributed by atoms with E-state index in [0.29, 0.717) is 11.6 Å². The second kappa shape index (κ2) is 11.5. The number of hydroxylamine groups is 1. The molecule has 0 saturated heterocycles. The lowest BCUT2D eigenvalue weighted by atomic mass is 10.1. The predicted octanol–water partition coefficient (Wildman–Crippen LogP) is 4.93. The zero-order chi connectivity index (χ0) is 23.8. The molecule has 2 rings (SSSR count). The fourth-order valence-electron chi connectivity index (χ4n) is 2.30. The van der Waals surface area contributed by atoms with E-state index in [0.717, 1.165) is 11.6 Å². The van der Waals surface area contributed by atoms with E-state index in [-0.39, 0.29) is 24.1 Å². The molecule has 1 heterocycles. The Kier molecular flexibility index (Phi) is 9.33. The Morgan fingerprint density at radius 1 is 1.19 bits per heavy atom. The first-order chi connectivity index (χ1) is 15.0. The van der Waals surface area contributed by atoms with E-state index in [9.17, 15) is 13.2 Å². The van der Waals surface area contributed by atoms with Crippen LogP contribution in [-0.4, -0.2) is 42.6 Å². The first-order valence-electron chi connectivity index (χ1n) is 9.80. The third kappa shape index (κ3) is 9.04. The van der Waals surface area contributed by atoms with Crippen molar-refractivity contribution in [1.29, 1.82) is 0 Å². The number of ether oxygens (including phenoxy) is 2. The van der Waals surface area contributed by atoms with Gasteiger partial charge in [0.1, 0.15) is 18.1 Å². The van der Waals surface area contributed by atoms with Crippen LogP contribution in [-0.2, 0) is 6.61 Å². The predicted molar refractivity (Wildman–Crippen MR) is 118 cm³/mol. The first-order valence-corrected chi connectivity index (χ1v) is 13.9. The molecule has 11 heteroatoms. The molecule has 0 aliphatic rings. The Morgan fingerprint density at radius 2 is 1.88 bits per heavy atom. The molecule has 0 saturated carbocycles. The van der Waals surface area contributed by atoms with Crippen LogP contribution >= 0.6 is 11.6 Å². The summed E-state index contributed by atoms with van der Waals surface area (Å²) in [6.45, 7) is 6.29. The minimum atomic E-state index is -4.61. The van der Waals surface area contributed by atoms with Gasteiger partial charge in [0.15, 0.2) is 0 Å². The zero-order valence-corrected chi connectivity index (χ0v) is 19.7. The van der Waals surface area contributed by atoms with Gasteiger partial charge < -0.3 is 14.7 Å². The number of halogens is 4. The van der Waals surface area contributed by atoms with Gasteiger partial charge in [-0.25, -0.2) is 10.5 Å². The van der Waals surface area contributed by atoms with Gasteiger partial charge in [-0.3, -0.25) is 0 Å². The summed E-state index contributed by atoms with van der Waals surface area (Å²) in [6, 6.07) is 7.87. The molecule has 0 aliphatic carbocycles. The molecule has 1 aromatic carbocycles. The van der Waals surface area contributed by atoms with Crippen LogP contribution in [0.3, 0.4) is 0 Å². The molecule has 1 aromatic heterocycles. The molecule has 1 atom stereocenters. The molecule has 0 aliphatic heterocycles. The highest BCUT2D eigenvalue weighted by molar-refractivity contribution is 6.76. The van der Waals surface area contributed by atoms with Crippen LogP contribution in [0, 0.1) is 17.8 Å². The van der Waals surface area contributed by atoms with Crippen molar-refractivity contribution < 1.29 is 27.9 Å². The second-order valence-corrected chi connectivity index (χ2v) is 14.2. The van der Waals surface area contributed by atoms with Gasteiger partial charge in [-0.15, -0.1) is 0 Å². The highest BCUT2D eigenvalue weighted by atomic mass is 35.5. The third-order valence-electron chi connectivity index (χ3n) is 4.18. The molecule has 0 amide bonds. The molecule has 0 spiro atoms. The minimum absolute atomic E-state index is 0.0119. The molecule has 6 nitrogen and oxygen atoms in total. The van der Waals surface area contributed by atoms with Gasteiger partial charge in [-0.1, -0.05) is 55.2 Å². The van der Waals surface area contributed by atoms with Crippen LogP contribution in [0.2, 0.25) is 30.7 Å². The Balaban J connectivity index is 2.23. The number of hydrogen-bond donors (Lipinski definition) is 2. The van der Waals surface area contributed by atoms with Gasteiger partial charge in [0.2, 0.25) is 5.88 Å². The van der Waals surface area contributed by atoms with Crippen molar-refractivity contribution in [3.63, 3.8) is 0 Å². The lowest BCUT2D eigenvalue weighted by molar-refractivity contribution is -0.161. The molecular weight excluding hydrogens is 463 g/mol. The molecular formula is C21H25ClF3N3O3Si. The Morgan fingerprint density at radius 3 is 2.47 bits per heavy atom. The van der Waals surface area contributed by atoms with E-state index in [1.807, 2.05) is 0 Å². The monoisotopic (exact) mass is 487 g/mol. The average Bonchev–Trinajstić information content (AvgIpc) is 2.70. The van der Waals surface area contributed by atoms with Gasteiger partial charge >= 0.3 is 12.2 Å². The van der Waals surface area contributed by atoms with Crippen LogP contribution in [0.25, 0.3) is 0 Å². The smallest absolute Gasteiger partial charge is 0.403 e. The summed E-state index contributed by atoms with van der Waals surface area (Å²) < 4.78 is 50.5. The fourth-order valence-corrected chi connectivity index (χ4v) is 3.14. The van der Waals surface area contributed by atoms with Gasteiger partial charge in [0.05, 0.1) is 12.8 Å². The number of rotatable bonds is 9. The van der Waals surface area contributed by atoms with Crippen molar-refractivity contribution in [2.24, 2.45) is 5.92 Å². The van der Waals surface area contributed by atoms with E-state index in [1.54, 1.807) is 24.3 Å². The summed E-state index contributed by atoms with van der Waals surface area (Å²) in [5, 5.41) is 9.26. The lowest BCUT2D eigenvalue weighted by Crippen LogP contribution is -2.31. The van der Waals surface area contributed by atoms with E-state index < -0.39 is 26.7 Å².